The first-order valence-electron chi connectivity index (χ1n) is 4.96. The molecular weight excluding hydrogens is 290 g/mol. The van der Waals surface area contributed by atoms with Crippen molar-refractivity contribution in [1.29, 1.82) is 0 Å². The van der Waals surface area contributed by atoms with Crippen molar-refractivity contribution in [1.82, 2.24) is 4.31 Å². The van der Waals surface area contributed by atoms with Crippen LogP contribution < -0.4 is 0 Å². The van der Waals surface area contributed by atoms with E-state index in [-0.39, 0.29) is 10.7 Å². The molecule has 0 aliphatic heterocycles. The van der Waals surface area contributed by atoms with Crippen molar-refractivity contribution in [2.75, 3.05) is 11.7 Å². The SMILES string of the molecule is Cc1ccc(C(C)N(C)S(=O)(=O)CBr)cc1. The molecule has 1 aromatic rings. The lowest BCUT2D eigenvalue weighted by atomic mass is 10.1. The summed E-state index contributed by atoms with van der Waals surface area (Å²) in [5.74, 6) is 0. The third kappa shape index (κ3) is 3.06. The van der Waals surface area contributed by atoms with Gasteiger partial charge in [0.2, 0.25) is 10.0 Å². The maximum atomic E-state index is 11.7. The van der Waals surface area contributed by atoms with Crippen LogP contribution in [0, 0.1) is 6.92 Å². The molecule has 0 N–H and O–H groups in total. The van der Waals surface area contributed by atoms with Gasteiger partial charge in [-0.25, -0.2) is 8.42 Å². The molecule has 0 aliphatic carbocycles. The lowest BCUT2D eigenvalue weighted by Crippen LogP contribution is -2.30. The van der Waals surface area contributed by atoms with Crippen LogP contribution in [0.5, 0.6) is 0 Å². The van der Waals surface area contributed by atoms with E-state index in [1.54, 1.807) is 7.05 Å². The van der Waals surface area contributed by atoms with Crippen LogP contribution in [0.3, 0.4) is 0 Å². The van der Waals surface area contributed by atoms with Crippen molar-refractivity contribution in [3.63, 3.8) is 0 Å². The molecule has 3 nitrogen and oxygen atoms in total. The van der Waals surface area contributed by atoms with Gasteiger partial charge in [0.15, 0.2) is 0 Å². The fraction of sp³-hybridized carbons (Fsp3) is 0.455. The van der Waals surface area contributed by atoms with E-state index < -0.39 is 10.0 Å². The van der Waals surface area contributed by atoms with Crippen LogP contribution >= 0.6 is 15.9 Å². The summed E-state index contributed by atoms with van der Waals surface area (Å²) in [5.41, 5.74) is 2.17. The lowest BCUT2D eigenvalue weighted by Gasteiger charge is -2.23. The lowest BCUT2D eigenvalue weighted by molar-refractivity contribution is 0.401. The summed E-state index contributed by atoms with van der Waals surface area (Å²) in [6.07, 6.45) is 0. The Bertz CT molecular complexity index is 442. The fourth-order valence-corrected chi connectivity index (χ4v) is 3.10. The summed E-state index contributed by atoms with van der Waals surface area (Å²) >= 11 is 2.99. The van der Waals surface area contributed by atoms with Crippen molar-refractivity contribution in [3.05, 3.63) is 35.4 Å². The molecule has 0 saturated heterocycles. The van der Waals surface area contributed by atoms with Gasteiger partial charge in [-0.3, -0.25) is 0 Å². The minimum absolute atomic E-state index is 0.0489. The number of rotatable bonds is 4. The van der Waals surface area contributed by atoms with Gasteiger partial charge in [-0.05, 0) is 19.4 Å². The highest BCUT2D eigenvalue weighted by Gasteiger charge is 2.22. The van der Waals surface area contributed by atoms with Crippen LogP contribution in [0.2, 0.25) is 0 Å². The minimum atomic E-state index is -3.21. The highest BCUT2D eigenvalue weighted by atomic mass is 79.9. The molecule has 1 rings (SSSR count). The largest absolute Gasteiger partial charge is 0.224 e. The molecule has 0 fully saturated rings. The van der Waals surface area contributed by atoms with E-state index in [9.17, 15) is 8.42 Å². The Morgan fingerprint density at radius 3 is 2.25 bits per heavy atom. The van der Waals surface area contributed by atoms with E-state index in [1.165, 1.54) is 9.87 Å². The highest BCUT2D eigenvalue weighted by molar-refractivity contribution is 9.10. The summed E-state index contributed by atoms with van der Waals surface area (Å²) in [6.45, 7) is 3.89. The van der Waals surface area contributed by atoms with Gasteiger partial charge >= 0.3 is 0 Å². The normalized spacial score (nSPS) is 14.1. The molecule has 90 valence electrons. The standard InChI is InChI=1S/C11H16BrNO2S/c1-9-4-6-11(7-5-9)10(2)13(3)16(14,15)8-12/h4-7,10H,8H2,1-3H3. The van der Waals surface area contributed by atoms with Crippen molar-refractivity contribution in [2.24, 2.45) is 0 Å². The Labute approximate surface area is 106 Å². The molecule has 0 heterocycles. The summed E-state index contributed by atoms with van der Waals surface area (Å²) < 4.78 is 24.7. The molecule has 1 unspecified atom stereocenters. The zero-order valence-corrected chi connectivity index (χ0v) is 12.0. The molecular formula is C11H16BrNO2S. The van der Waals surface area contributed by atoms with Gasteiger partial charge in [0.25, 0.3) is 0 Å². The van der Waals surface area contributed by atoms with E-state index >= 15 is 0 Å². The summed E-state index contributed by atoms with van der Waals surface area (Å²) in [6, 6.07) is 7.74. The first-order chi connectivity index (χ1) is 7.38. The Morgan fingerprint density at radius 2 is 1.81 bits per heavy atom. The molecule has 0 aromatic heterocycles. The summed E-state index contributed by atoms with van der Waals surface area (Å²) in [5, 5.41) is 0. The summed E-state index contributed by atoms with van der Waals surface area (Å²) in [7, 11) is -1.61. The number of nitrogens with zero attached hydrogens (tertiary/aromatic N) is 1. The maximum Gasteiger partial charge on any atom is 0.224 e. The topological polar surface area (TPSA) is 37.4 Å². The van der Waals surface area contributed by atoms with Gasteiger partial charge in [0, 0.05) is 13.1 Å². The molecule has 1 aromatic carbocycles. The number of alkyl halides is 1. The predicted molar refractivity (Wildman–Crippen MR) is 70.1 cm³/mol. The van der Waals surface area contributed by atoms with Crippen molar-refractivity contribution >= 4 is 26.0 Å². The van der Waals surface area contributed by atoms with E-state index in [0.29, 0.717) is 0 Å². The fourth-order valence-electron chi connectivity index (χ4n) is 1.37. The summed E-state index contributed by atoms with van der Waals surface area (Å²) in [4.78, 5) is 0. The zero-order valence-electron chi connectivity index (χ0n) is 9.64. The Morgan fingerprint density at radius 1 is 1.31 bits per heavy atom. The third-order valence-corrected chi connectivity index (χ3v) is 5.89. The Balaban J connectivity index is 2.94. The van der Waals surface area contributed by atoms with E-state index in [4.69, 9.17) is 0 Å². The molecule has 0 aliphatic rings. The van der Waals surface area contributed by atoms with Crippen LogP contribution in [0.25, 0.3) is 0 Å². The molecule has 0 spiro atoms. The van der Waals surface area contributed by atoms with Crippen LogP contribution in [0.4, 0.5) is 0 Å². The van der Waals surface area contributed by atoms with E-state index in [1.807, 2.05) is 38.1 Å². The molecule has 0 bridgehead atoms. The van der Waals surface area contributed by atoms with Gasteiger partial charge in [0.05, 0.1) is 0 Å². The molecule has 5 heteroatoms. The first-order valence-corrected chi connectivity index (χ1v) is 7.70. The molecule has 1 atom stereocenters. The van der Waals surface area contributed by atoms with Crippen molar-refractivity contribution < 1.29 is 8.42 Å². The third-order valence-electron chi connectivity index (χ3n) is 2.68. The van der Waals surface area contributed by atoms with Crippen LogP contribution in [-0.4, -0.2) is 24.4 Å². The van der Waals surface area contributed by atoms with Crippen LogP contribution in [0.1, 0.15) is 24.1 Å². The second kappa shape index (κ2) is 5.29. The van der Waals surface area contributed by atoms with E-state index in [0.717, 1.165) is 5.56 Å². The average Bonchev–Trinajstić information content (AvgIpc) is 2.28. The number of sulfonamides is 1. The van der Waals surface area contributed by atoms with Crippen LogP contribution in [-0.2, 0) is 10.0 Å². The quantitative estimate of drug-likeness (QED) is 0.802. The smallest absolute Gasteiger partial charge is 0.211 e. The number of aryl methyl sites for hydroxylation is 1. The molecule has 0 amide bonds. The average molecular weight is 306 g/mol. The van der Waals surface area contributed by atoms with Gasteiger partial charge in [0.1, 0.15) is 4.66 Å². The first kappa shape index (κ1) is 13.7. The number of hydrogen-bond acceptors (Lipinski definition) is 2. The molecule has 16 heavy (non-hydrogen) atoms. The highest BCUT2D eigenvalue weighted by Crippen LogP contribution is 2.22. The number of benzene rings is 1. The predicted octanol–water partition coefficient (Wildman–Crippen LogP) is 2.67. The van der Waals surface area contributed by atoms with E-state index in [2.05, 4.69) is 15.9 Å². The number of hydrogen-bond donors (Lipinski definition) is 0. The number of halogens is 1. The maximum absolute atomic E-state index is 11.7. The second-order valence-electron chi connectivity index (χ2n) is 3.82. The van der Waals surface area contributed by atoms with Crippen LogP contribution in [0.15, 0.2) is 24.3 Å². The van der Waals surface area contributed by atoms with Gasteiger partial charge in [-0.15, -0.1) is 0 Å². The second-order valence-corrected chi connectivity index (χ2v) is 7.16. The minimum Gasteiger partial charge on any atom is -0.211 e. The zero-order chi connectivity index (χ0) is 12.3. The van der Waals surface area contributed by atoms with Gasteiger partial charge in [-0.2, -0.15) is 4.31 Å². The van der Waals surface area contributed by atoms with Gasteiger partial charge in [-0.1, -0.05) is 45.8 Å². The monoisotopic (exact) mass is 305 g/mol. The molecule has 0 saturated carbocycles. The van der Waals surface area contributed by atoms with Gasteiger partial charge < -0.3 is 0 Å². The van der Waals surface area contributed by atoms with Crippen molar-refractivity contribution in [2.45, 2.75) is 19.9 Å². The van der Waals surface area contributed by atoms with Crippen molar-refractivity contribution in [3.8, 4) is 0 Å². The molecule has 0 radical (unpaired) electrons. The Hall–Kier alpha value is -0.390. The Kier molecular flexibility index (Phi) is 4.52.